The molecule has 0 bridgehead atoms. The first-order chi connectivity index (χ1) is 40.0. The van der Waals surface area contributed by atoms with Gasteiger partial charge in [-0.3, -0.25) is 14.4 Å². The molecule has 1 unspecified atom stereocenters. The van der Waals surface area contributed by atoms with Crippen molar-refractivity contribution in [3.05, 3.63) is 134 Å². The van der Waals surface area contributed by atoms with Gasteiger partial charge in [0.25, 0.3) is 0 Å². The highest BCUT2D eigenvalue weighted by Gasteiger charge is 2.19. The average Bonchev–Trinajstić information content (AvgIpc) is 3.47. The summed E-state index contributed by atoms with van der Waals surface area (Å²) in [5, 5.41) is 0. The molecule has 460 valence electrons. The van der Waals surface area contributed by atoms with Crippen molar-refractivity contribution >= 4 is 17.9 Å². The molecular formula is C75H124O6. The Labute approximate surface area is 500 Å². The molecule has 0 heterocycles. The molecule has 0 saturated heterocycles. The van der Waals surface area contributed by atoms with E-state index < -0.39 is 6.10 Å². The van der Waals surface area contributed by atoms with Crippen LogP contribution in [0.3, 0.4) is 0 Å². The zero-order valence-corrected chi connectivity index (χ0v) is 52.8. The SMILES string of the molecule is CC/C=C\C/C=C\C/C=C\C/C=C\CCCCCCCCCCCCCCC(=O)OCC(COC(=O)CCCCCC/C=C\C/C=C\C/C=C\C/C=C\CC)OC(=O)CCCCCCCC/C=C\C/C=C\C/C=C\CCCCCCC. The molecular weight excluding hydrogens is 997 g/mol. The third-order valence-corrected chi connectivity index (χ3v) is 14.1. The molecule has 0 radical (unpaired) electrons. The third-order valence-electron chi connectivity index (χ3n) is 14.1. The van der Waals surface area contributed by atoms with Gasteiger partial charge in [0.2, 0.25) is 0 Å². The van der Waals surface area contributed by atoms with Crippen LogP contribution in [0.5, 0.6) is 0 Å². The van der Waals surface area contributed by atoms with E-state index in [1.54, 1.807) is 0 Å². The summed E-state index contributed by atoms with van der Waals surface area (Å²) in [5.74, 6) is -0.929. The van der Waals surface area contributed by atoms with Gasteiger partial charge in [-0.05, 0) is 135 Å². The standard InChI is InChI=1S/C75H124O6/c1-4-7-10-13-16-19-22-25-28-31-33-35-36-37-38-40-41-44-47-50-53-56-59-62-65-68-74(77)80-71-72(70-79-73(76)67-64-61-58-55-52-49-46-43-30-27-24-21-18-15-12-9-6-3)81-75(78)69-66-63-60-57-54-51-48-45-42-39-34-32-29-26-23-20-17-14-11-8-5-2/h7,9-10,12,16,18-19,21,23,25-28,30,32-35,42,45-46,49,72H,4-6,8,11,13-15,17,20,22,24,29,31,36-41,43-44,47-48,50-71H2,1-3H3/b10-7-,12-9-,19-16-,21-18-,26-23-,28-25-,30-27-,34-32-,35-33-,45-42-,49-46-. The lowest BCUT2D eigenvalue weighted by molar-refractivity contribution is -0.167. The lowest BCUT2D eigenvalue weighted by Crippen LogP contribution is -2.30. The number of carbonyl (C=O) groups excluding carboxylic acids is 3. The number of rotatable bonds is 60. The van der Waals surface area contributed by atoms with Gasteiger partial charge >= 0.3 is 17.9 Å². The molecule has 0 rings (SSSR count). The number of ether oxygens (including phenoxy) is 3. The molecule has 6 heteroatoms. The van der Waals surface area contributed by atoms with Crippen LogP contribution in [-0.4, -0.2) is 37.2 Å². The van der Waals surface area contributed by atoms with Crippen LogP contribution < -0.4 is 0 Å². The fourth-order valence-electron chi connectivity index (χ4n) is 9.14. The fraction of sp³-hybridized carbons (Fsp3) is 0.667. The van der Waals surface area contributed by atoms with Gasteiger partial charge < -0.3 is 14.2 Å². The van der Waals surface area contributed by atoms with Gasteiger partial charge in [0.1, 0.15) is 13.2 Å². The number of hydrogen-bond donors (Lipinski definition) is 0. The molecule has 0 aromatic carbocycles. The van der Waals surface area contributed by atoms with Crippen LogP contribution in [0.1, 0.15) is 303 Å². The Morgan fingerprint density at radius 3 is 0.753 bits per heavy atom. The van der Waals surface area contributed by atoms with E-state index in [0.717, 1.165) is 148 Å². The van der Waals surface area contributed by atoms with E-state index in [1.807, 2.05) is 0 Å². The topological polar surface area (TPSA) is 78.9 Å². The van der Waals surface area contributed by atoms with E-state index in [-0.39, 0.29) is 31.1 Å². The molecule has 0 aromatic heterocycles. The lowest BCUT2D eigenvalue weighted by Gasteiger charge is -2.18. The minimum Gasteiger partial charge on any atom is -0.462 e. The van der Waals surface area contributed by atoms with E-state index >= 15 is 0 Å². The average molecular weight is 1120 g/mol. The number of carbonyl (C=O) groups is 3. The Bertz CT molecular complexity index is 1720. The summed E-state index contributed by atoms with van der Waals surface area (Å²) >= 11 is 0. The summed E-state index contributed by atoms with van der Waals surface area (Å²) in [4.78, 5) is 38.4. The second-order valence-corrected chi connectivity index (χ2v) is 22.0. The predicted molar refractivity (Wildman–Crippen MR) is 353 cm³/mol. The van der Waals surface area contributed by atoms with E-state index in [4.69, 9.17) is 14.2 Å². The zero-order valence-electron chi connectivity index (χ0n) is 52.8. The highest BCUT2D eigenvalue weighted by molar-refractivity contribution is 5.71. The van der Waals surface area contributed by atoms with Crippen LogP contribution in [0, 0.1) is 0 Å². The minimum atomic E-state index is -0.803. The van der Waals surface area contributed by atoms with Crippen LogP contribution >= 0.6 is 0 Å². The van der Waals surface area contributed by atoms with E-state index in [2.05, 4.69) is 154 Å². The zero-order chi connectivity index (χ0) is 58.5. The molecule has 0 spiro atoms. The van der Waals surface area contributed by atoms with E-state index in [0.29, 0.717) is 19.3 Å². The normalized spacial score (nSPS) is 13.0. The maximum Gasteiger partial charge on any atom is 0.306 e. The van der Waals surface area contributed by atoms with Crippen molar-refractivity contribution in [3.8, 4) is 0 Å². The van der Waals surface area contributed by atoms with Gasteiger partial charge in [-0.15, -0.1) is 0 Å². The molecule has 0 amide bonds. The molecule has 0 saturated carbocycles. The minimum absolute atomic E-state index is 0.0954. The Morgan fingerprint density at radius 1 is 0.259 bits per heavy atom. The smallest absolute Gasteiger partial charge is 0.306 e. The first-order valence-electron chi connectivity index (χ1n) is 33.7. The molecule has 0 aliphatic rings. The number of allylic oxidation sites excluding steroid dienone is 22. The van der Waals surface area contributed by atoms with Crippen molar-refractivity contribution in [1.82, 2.24) is 0 Å². The second-order valence-electron chi connectivity index (χ2n) is 22.0. The van der Waals surface area contributed by atoms with Crippen molar-refractivity contribution in [2.45, 2.75) is 309 Å². The molecule has 0 aliphatic heterocycles. The van der Waals surface area contributed by atoms with Gasteiger partial charge in [0, 0.05) is 19.3 Å². The van der Waals surface area contributed by atoms with Gasteiger partial charge in [0.05, 0.1) is 0 Å². The molecule has 1 atom stereocenters. The highest BCUT2D eigenvalue weighted by atomic mass is 16.6. The number of hydrogen-bond acceptors (Lipinski definition) is 6. The van der Waals surface area contributed by atoms with Crippen LogP contribution in [0.4, 0.5) is 0 Å². The number of esters is 3. The van der Waals surface area contributed by atoms with Crippen molar-refractivity contribution in [2.24, 2.45) is 0 Å². The van der Waals surface area contributed by atoms with Crippen molar-refractivity contribution in [1.29, 1.82) is 0 Å². The molecule has 0 aromatic rings. The Balaban J connectivity index is 4.43. The lowest BCUT2D eigenvalue weighted by atomic mass is 10.0. The summed E-state index contributed by atoms with van der Waals surface area (Å²) in [5.41, 5.74) is 0. The van der Waals surface area contributed by atoms with E-state index in [1.165, 1.54) is 116 Å². The maximum absolute atomic E-state index is 12.9. The highest BCUT2D eigenvalue weighted by Crippen LogP contribution is 2.16. The van der Waals surface area contributed by atoms with Gasteiger partial charge in [-0.25, -0.2) is 0 Å². The predicted octanol–water partition coefficient (Wildman–Crippen LogP) is 23.3. The number of unbranched alkanes of at least 4 members (excludes halogenated alkanes) is 27. The summed E-state index contributed by atoms with van der Waals surface area (Å²) in [7, 11) is 0. The first-order valence-corrected chi connectivity index (χ1v) is 33.7. The van der Waals surface area contributed by atoms with Gasteiger partial charge in [0.15, 0.2) is 6.10 Å². The largest absolute Gasteiger partial charge is 0.462 e. The van der Waals surface area contributed by atoms with Crippen molar-refractivity contribution in [3.63, 3.8) is 0 Å². The molecule has 6 nitrogen and oxygen atoms in total. The van der Waals surface area contributed by atoms with E-state index in [9.17, 15) is 14.4 Å². The molecule has 81 heavy (non-hydrogen) atoms. The third kappa shape index (κ3) is 66.2. The van der Waals surface area contributed by atoms with Crippen LogP contribution in [-0.2, 0) is 28.6 Å². The maximum atomic E-state index is 12.9. The molecule has 0 N–H and O–H groups in total. The molecule has 0 fully saturated rings. The molecule has 0 aliphatic carbocycles. The summed E-state index contributed by atoms with van der Waals surface area (Å²) in [6.45, 7) is 6.39. The fourth-order valence-corrected chi connectivity index (χ4v) is 9.14. The summed E-state index contributed by atoms with van der Waals surface area (Å²) < 4.78 is 16.9. The quantitative estimate of drug-likeness (QED) is 0.0261. The van der Waals surface area contributed by atoms with Crippen molar-refractivity contribution in [2.75, 3.05) is 13.2 Å². The van der Waals surface area contributed by atoms with Gasteiger partial charge in [-0.1, -0.05) is 283 Å². The van der Waals surface area contributed by atoms with Crippen LogP contribution in [0.25, 0.3) is 0 Å². The Kier molecular flexibility index (Phi) is 64.3. The van der Waals surface area contributed by atoms with Gasteiger partial charge in [-0.2, -0.15) is 0 Å². The summed E-state index contributed by atoms with van der Waals surface area (Å²) in [6.07, 6.45) is 96.0. The van der Waals surface area contributed by atoms with Crippen LogP contribution in [0.15, 0.2) is 134 Å². The van der Waals surface area contributed by atoms with Crippen LogP contribution in [0.2, 0.25) is 0 Å². The second kappa shape index (κ2) is 68.1. The Morgan fingerprint density at radius 2 is 0.481 bits per heavy atom. The Hall–Kier alpha value is -4.45. The van der Waals surface area contributed by atoms with Crippen molar-refractivity contribution < 1.29 is 28.6 Å². The monoisotopic (exact) mass is 1120 g/mol. The summed E-state index contributed by atoms with van der Waals surface area (Å²) in [6, 6.07) is 0. The first kappa shape index (κ1) is 76.5.